The van der Waals surface area contributed by atoms with Gasteiger partial charge in [-0.1, -0.05) is 0 Å². The molecule has 9 heteroatoms. The van der Waals surface area contributed by atoms with E-state index in [1.807, 2.05) is 0 Å². The summed E-state index contributed by atoms with van der Waals surface area (Å²) < 4.78 is 77.8. The van der Waals surface area contributed by atoms with Crippen LogP contribution in [-0.2, 0) is 16.2 Å². The molecule has 1 fully saturated rings. The van der Waals surface area contributed by atoms with Gasteiger partial charge in [0.15, 0.2) is 0 Å². The third kappa shape index (κ3) is 4.89. The zero-order valence-electron chi connectivity index (χ0n) is 12.3. The van der Waals surface area contributed by atoms with Crippen LogP contribution in [0.2, 0.25) is 0 Å². The van der Waals surface area contributed by atoms with Crippen molar-refractivity contribution in [3.8, 4) is 0 Å². The largest absolute Gasteiger partial charge is 0.416 e. The summed E-state index contributed by atoms with van der Waals surface area (Å²) in [6, 6.07) is 1.35. The average molecular weight is 354 g/mol. The van der Waals surface area contributed by atoms with E-state index in [1.54, 1.807) is 0 Å². The van der Waals surface area contributed by atoms with E-state index in [2.05, 4.69) is 10.0 Å². The van der Waals surface area contributed by atoms with Crippen LogP contribution in [0.4, 0.5) is 17.6 Å². The van der Waals surface area contributed by atoms with Crippen molar-refractivity contribution < 1.29 is 26.0 Å². The Bertz CT molecular complexity index is 641. The maximum Gasteiger partial charge on any atom is 0.416 e. The predicted octanol–water partition coefficient (Wildman–Crippen LogP) is 2.51. The van der Waals surface area contributed by atoms with Crippen molar-refractivity contribution in [2.75, 3.05) is 19.6 Å². The Kier molecular flexibility index (Phi) is 5.64. The molecule has 0 spiro atoms. The van der Waals surface area contributed by atoms with E-state index < -0.39 is 32.5 Å². The first-order chi connectivity index (χ1) is 10.7. The number of sulfonamides is 1. The highest BCUT2D eigenvalue weighted by atomic mass is 32.2. The van der Waals surface area contributed by atoms with Gasteiger partial charge in [0.25, 0.3) is 0 Å². The topological polar surface area (TPSA) is 58.2 Å². The smallest absolute Gasteiger partial charge is 0.316 e. The van der Waals surface area contributed by atoms with Crippen molar-refractivity contribution in [1.82, 2.24) is 10.0 Å². The second-order valence-electron chi connectivity index (χ2n) is 5.54. The van der Waals surface area contributed by atoms with Gasteiger partial charge in [0, 0.05) is 6.54 Å². The highest BCUT2D eigenvalue weighted by Gasteiger charge is 2.33. The zero-order chi connectivity index (χ0) is 17.1. The maximum absolute atomic E-state index is 13.6. The fourth-order valence-corrected chi connectivity index (χ4v) is 3.68. The summed E-state index contributed by atoms with van der Waals surface area (Å²) in [6.07, 6.45) is -2.22. The maximum atomic E-state index is 13.6. The fraction of sp³-hybridized carbons (Fsp3) is 0.571. The molecule has 1 heterocycles. The number of halogens is 4. The average Bonchev–Trinajstić information content (AvgIpc) is 2.47. The van der Waals surface area contributed by atoms with E-state index in [1.165, 1.54) is 0 Å². The van der Waals surface area contributed by atoms with Gasteiger partial charge in [-0.2, -0.15) is 13.2 Å². The van der Waals surface area contributed by atoms with E-state index in [4.69, 9.17) is 0 Å². The molecule has 130 valence electrons. The normalized spacial score (nSPS) is 19.7. The summed E-state index contributed by atoms with van der Waals surface area (Å²) in [4.78, 5) is -0.978. The second-order valence-corrected chi connectivity index (χ2v) is 7.28. The summed E-state index contributed by atoms with van der Waals surface area (Å²) in [7, 11) is -4.32. The minimum absolute atomic E-state index is 0.0599. The molecule has 1 aliphatic rings. The Hall–Kier alpha value is -1.19. The molecular formula is C14H18F4N2O2S. The van der Waals surface area contributed by atoms with Crippen molar-refractivity contribution in [3.05, 3.63) is 29.6 Å². The van der Waals surface area contributed by atoms with Gasteiger partial charge in [-0.05, 0) is 56.5 Å². The third-order valence-electron chi connectivity index (χ3n) is 3.79. The molecule has 1 atom stereocenters. The Morgan fingerprint density at radius 3 is 2.65 bits per heavy atom. The first-order valence-corrected chi connectivity index (χ1v) is 8.75. The van der Waals surface area contributed by atoms with Gasteiger partial charge in [0.2, 0.25) is 10.0 Å². The van der Waals surface area contributed by atoms with Gasteiger partial charge in [-0.25, -0.2) is 17.5 Å². The van der Waals surface area contributed by atoms with Crippen LogP contribution in [0.1, 0.15) is 24.8 Å². The number of rotatable bonds is 5. The van der Waals surface area contributed by atoms with Gasteiger partial charge in [0.05, 0.1) is 5.56 Å². The molecule has 2 rings (SSSR count). The van der Waals surface area contributed by atoms with Crippen LogP contribution in [0.3, 0.4) is 0 Å². The van der Waals surface area contributed by atoms with Gasteiger partial charge in [0.1, 0.15) is 10.7 Å². The lowest BCUT2D eigenvalue weighted by Crippen LogP contribution is -2.33. The molecule has 0 aromatic heterocycles. The minimum atomic E-state index is -4.73. The number of benzene rings is 1. The van der Waals surface area contributed by atoms with Gasteiger partial charge in [-0.3, -0.25) is 0 Å². The van der Waals surface area contributed by atoms with Crippen LogP contribution in [0.5, 0.6) is 0 Å². The van der Waals surface area contributed by atoms with Crippen LogP contribution in [0.15, 0.2) is 23.1 Å². The molecule has 2 N–H and O–H groups in total. The number of piperidine rings is 1. The minimum Gasteiger partial charge on any atom is -0.316 e. The van der Waals surface area contributed by atoms with Crippen LogP contribution in [-0.4, -0.2) is 28.1 Å². The van der Waals surface area contributed by atoms with Crippen LogP contribution in [0.25, 0.3) is 0 Å². The molecule has 4 nitrogen and oxygen atoms in total. The number of alkyl halides is 3. The Morgan fingerprint density at radius 2 is 2.04 bits per heavy atom. The summed E-state index contributed by atoms with van der Waals surface area (Å²) in [5.41, 5.74) is -1.20. The van der Waals surface area contributed by atoms with Crippen LogP contribution in [0, 0.1) is 11.7 Å². The van der Waals surface area contributed by atoms with E-state index in [0.29, 0.717) is 30.5 Å². The SMILES string of the molecule is O=S(=O)(NCCC1CCCNC1)c1cc(C(F)(F)F)ccc1F. The summed E-state index contributed by atoms with van der Waals surface area (Å²) in [5, 5.41) is 3.19. The lowest BCUT2D eigenvalue weighted by molar-refractivity contribution is -0.137. The lowest BCUT2D eigenvalue weighted by Gasteiger charge is -2.22. The molecule has 23 heavy (non-hydrogen) atoms. The van der Waals surface area contributed by atoms with E-state index in [-0.39, 0.29) is 6.54 Å². The Morgan fingerprint density at radius 1 is 1.30 bits per heavy atom. The zero-order valence-corrected chi connectivity index (χ0v) is 13.1. The highest BCUT2D eigenvalue weighted by Crippen LogP contribution is 2.31. The van der Waals surface area contributed by atoms with Crippen LogP contribution >= 0.6 is 0 Å². The molecule has 0 saturated carbocycles. The van der Waals surface area contributed by atoms with Crippen molar-refractivity contribution in [2.45, 2.75) is 30.3 Å². The molecule has 0 bridgehead atoms. The number of nitrogens with one attached hydrogen (secondary N) is 2. The second kappa shape index (κ2) is 7.14. The van der Waals surface area contributed by atoms with E-state index >= 15 is 0 Å². The Labute approximate surface area is 132 Å². The van der Waals surface area contributed by atoms with Crippen molar-refractivity contribution >= 4 is 10.0 Å². The van der Waals surface area contributed by atoms with Crippen molar-refractivity contribution in [1.29, 1.82) is 0 Å². The van der Waals surface area contributed by atoms with E-state index in [0.717, 1.165) is 25.9 Å². The molecule has 1 saturated heterocycles. The molecule has 1 aromatic carbocycles. The van der Waals surface area contributed by atoms with E-state index in [9.17, 15) is 26.0 Å². The van der Waals surface area contributed by atoms with Crippen molar-refractivity contribution in [2.24, 2.45) is 5.92 Å². The van der Waals surface area contributed by atoms with Gasteiger partial charge >= 0.3 is 6.18 Å². The quantitative estimate of drug-likeness (QED) is 0.799. The van der Waals surface area contributed by atoms with Crippen LogP contribution < -0.4 is 10.0 Å². The number of hydrogen-bond acceptors (Lipinski definition) is 3. The number of hydrogen-bond donors (Lipinski definition) is 2. The van der Waals surface area contributed by atoms with Gasteiger partial charge in [-0.15, -0.1) is 0 Å². The summed E-state index contributed by atoms with van der Waals surface area (Å²) in [5.74, 6) is -0.900. The molecular weight excluding hydrogens is 336 g/mol. The standard InChI is InChI=1S/C14H18F4N2O2S/c15-12-4-3-11(14(16,17)18)8-13(12)23(21,22)20-7-5-10-2-1-6-19-9-10/h3-4,8,10,19-20H,1-2,5-7,9H2. The Balaban J connectivity index is 2.06. The summed E-state index contributed by atoms with van der Waals surface area (Å²) >= 11 is 0. The predicted molar refractivity (Wildman–Crippen MR) is 76.8 cm³/mol. The molecule has 0 amide bonds. The molecule has 1 aliphatic heterocycles. The third-order valence-corrected chi connectivity index (χ3v) is 5.27. The molecule has 0 aliphatic carbocycles. The van der Waals surface area contributed by atoms with Gasteiger partial charge < -0.3 is 5.32 Å². The molecule has 1 unspecified atom stereocenters. The molecule has 0 radical (unpaired) electrons. The lowest BCUT2D eigenvalue weighted by atomic mass is 9.96. The summed E-state index contributed by atoms with van der Waals surface area (Å²) in [6.45, 7) is 1.77. The van der Waals surface area contributed by atoms with Crippen molar-refractivity contribution in [3.63, 3.8) is 0 Å². The highest BCUT2D eigenvalue weighted by molar-refractivity contribution is 7.89. The fourth-order valence-electron chi connectivity index (χ4n) is 2.53. The first-order valence-electron chi connectivity index (χ1n) is 7.27. The first kappa shape index (κ1) is 18.2. The molecule has 1 aromatic rings. The monoisotopic (exact) mass is 354 g/mol.